The average Bonchev–Trinajstić information content (AvgIpc) is 2.52. The summed E-state index contributed by atoms with van der Waals surface area (Å²) < 4.78 is 0. The van der Waals surface area contributed by atoms with Crippen LogP contribution in [0.3, 0.4) is 0 Å². The van der Waals surface area contributed by atoms with Crippen LogP contribution in [-0.4, -0.2) is 29.3 Å². The number of aliphatic hydroxyl groups is 1. The molecule has 3 N–H and O–H groups in total. The zero-order valence-electron chi connectivity index (χ0n) is 12.4. The lowest BCUT2D eigenvalue weighted by molar-refractivity contribution is -0.136. The highest BCUT2D eigenvalue weighted by Gasteiger charge is 2.06. The zero-order chi connectivity index (χ0) is 15.8. The Bertz CT molecular complexity index is 598. The van der Waals surface area contributed by atoms with Crippen LogP contribution >= 0.6 is 0 Å². The van der Waals surface area contributed by atoms with E-state index in [0.717, 1.165) is 29.7 Å². The Labute approximate surface area is 130 Å². The number of aliphatic carboxylic acids is 1. The van der Waals surface area contributed by atoms with Crippen LogP contribution in [0.25, 0.3) is 0 Å². The Morgan fingerprint density at radius 1 is 1.05 bits per heavy atom. The molecule has 22 heavy (non-hydrogen) atoms. The van der Waals surface area contributed by atoms with Gasteiger partial charge in [-0.2, -0.15) is 0 Å². The van der Waals surface area contributed by atoms with E-state index < -0.39 is 12.1 Å². The van der Waals surface area contributed by atoms with Crippen molar-refractivity contribution < 1.29 is 15.0 Å². The zero-order valence-corrected chi connectivity index (χ0v) is 12.4. The van der Waals surface area contributed by atoms with Gasteiger partial charge in [-0.25, -0.2) is 0 Å². The molecule has 0 aliphatic rings. The van der Waals surface area contributed by atoms with Crippen molar-refractivity contribution in [2.45, 2.75) is 18.9 Å². The summed E-state index contributed by atoms with van der Waals surface area (Å²) in [5.74, 6) is -0.818. The average molecular weight is 299 g/mol. The molecule has 0 saturated heterocycles. The number of hydrogen-bond donors (Lipinski definition) is 3. The Kier molecular flexibility index (Phi) is 6.13. The highest BCUT2D eigenvalue weighted by atomic mass is 16.4. The van der Waals surface area contributed by atoms with Crippen molar-refractivity contribution in [1.29, 1.82) is 0 Å². The molecule has 2 rings (SSSR count). The molecular weight excluding hydrogens is 278 g/mol. The summed E-state index contributed by atoms with van der Waals surface area (Å²) in [6, 6.07) is 17.2. The minimum absolute atomic E-state index is 0.0496. The highest BCUT2D eigenvalue weighted by Crippen LogP contribution is 2.11. The van der Waals surface area contributed by atoms with Crippen LogP contribution in [0.15, 0.2) is 54.6 Å². The number of hydrogen-bond acceptors (Lipinski definition) is 3. The normalized spacial score (nSPS) is 12.0. The van der Waals surface area contributed by atoms with Crippen LogP contribution in [0.1, 0.15) is 22.8 Å². The van der Waals surface area contributed by atoms with Gasteiger partial charge in [0.1, 0.15) is 0 Å². The molecule has 0 radical (unpaired) electrons. The van der Waals surface area contributed by atoms with Crippen LogP contribution in [0, 0.1) is 0 Å². The first kappa shape index (κ1) is 16.2. The number of nitrogens with one attached hydrogen (secondary N) is 1. The van der Waals surface area contributed by atoms with Gasteiger partial charge in [0.25, 0.3) is 0 Å². The standard InChI is InChI=1S/C18H21NO3/c20-17(16-7-2-1-3-8-16)13-19-10-9-14-5-4-6-15(11-14)12-18(21)22/h1-8,11,17,19-20H,9-10,12-13H2,(H,21,22). The molecule has 0 aliphatic heterocycles. The summed E-state index contributed by atoms with van der Waals surface area (Å²) in [6.07, 6.45) is 0.336. The van der Waals surface area contributed by atoms with E-state index in [9.17, 15) is 9.90 Å². The smallest absolute Gasteiger partial charge is 0.307 e. The molecule has 2 aromatic rings. The molecule has 0 spiro atoms. The van der Waals surface area contributed by atoms with E-state index in [2.05, 4.69) is 5.32 Å². The molecule has 4 nitrogen and oxygen atoms in total. The van der Waals surface area contributed by atoms with Gasteiger partial charge in [0.05, 0.1) is 12.5 Å². The number of carboxylic acids is 1. The molecule has 2 aromatic carbocycles. The summed E-state index contributed by atoms with van der Waals surface area (Å²) in [7, 11) is 0. The number of aliphatic hydroxyl groups excluding tert-OH is 1. The summed E-state index contributed by atoms with van der Waals surface area (Å²) in [5, 5.41) is 22.1. The largest absolute Gasteiger partial charge is 0.481 e. The fourth-order valence-corrected chi connectivity index (χ4v) is 2.33. The van der Waals surface area contributed by atoms with E-state index in [1.807, 2.05) is 54.6 Å². The molecule has 1 unspecified atom stereocenters. The van der Waals surface area contributed by atoms with Crippen molar-refractivity contribution in [3.8, 4) is 0 Å². The molecule has 0 amide bonds. The van der Waals surface area contributed by atoms with Gasteiger partial charge in [-0.1, -0.05) is 54.6 Å². The van der Waals surface area contributed by atoms with E-state index >= 15 is 0 Å². The molecule has 0 aliphatic carbocycles. The van der Waals surface area contributed by atoms with Gasteiger partial charge in [-0.05, 0) is 29.7 Å². The second-order valence-corrected chi connectivity index (χ2v) is 5.27. The maximum Gasteiger partial charge on any atom is 0.307 e. The number of rotatable bonds is 8. The van der Waals surface area contributed by atoms with Crippen LogP contribution in [0.4, 0.5) is 0 Å². The molecule has 0 saturated carbocycles. The van der Waals surface area contributed by atoms with Crippen LogP contribution in [0.2, 0.25) is 0 Å². The first-order chi connectivity index (χ1) is 10.6. The molecule has 116 valence electrons. The van der Waals surface area contributed by atoms with Gasteiger partial charge in [0.15, 0.2) is 0 Å². The molecular formula is C18H21NO3. The topological polar surface area (TPSA) is 69.6 Å². The van der Waals surface area contributed by atoms with Crippen molar-refractivity contribution in [2.24, 2.45) is 0 Å². The van der Waals surface area contributed by atoms with Crippen molar-refractivity contribution in [3.05, 3.63) is 71.3 Å². The van der Waals surface area contributed by atoms with Crippen LogP contribution in [0.5, 0.6) is 0 Å². The number of carbonyl (C=O) groups is 1. The van der Waals surface area contributed by atoms with E-state index in [4.69, 9.17) is 5.11 Å². The quantitative estimate of drug-likeness (QED) is 0.654. The summed E-state index contributed by atoms with van der Waals surface area (Å²) in [5.41, 5.74) is 2.81. The van der Waals surface area contributed by atoms with Gasteiger partial charge in [-0.3, -0.25) is 4.79 Å². The second kappa shape index (κ2) is 8.32. The fourth-order valence-electron chi connectivity index (χ4n) is 2.33. The lowest BCUT2D eigenvalue weighted by Gasteiger charge is -2.12. The van der Waals surface area contributed by atoms with Crippen LogP contribution < -0.4 is 5.32 Å². The lowest BCUT2D eigenvalue weighted by atomic mass is 10.1. The van der Waals surface area contributed by atoms with Gasteiger partial charge >= 0.3 is 5.97 Å². The van der Waals surface area contributed by atoms with E-state index in [1.54, 1.807) is 0 Å². The minimum Gasteiger partial charge on any atom is -0.481 e. The Morgan fingerprint density at radius 2 is 1.77 bits per heavy atom. The van der Waals surface area contributed by atoms with E-state index in [-0.39, 0.29) is 6.42 Å². The number of benzene rings is 2. The fraction of sp³-hybridized carbons (Fsp3) is 0.278. The Morgan fingerprint density at radius 3 is 2.50 bits per heavy atom. The van der Waals surface area contributed by atoms with Gasteiger partial charge in [0.2, 0.25) is 0 Å². The Balaban J connectivity index is 1.76. The van der Waals surface area contributed by atoms with Crippen molar-refractivity contribution in [3.63, 3.8) is 0 Å². The van der Waals surface area contributed by atoms with Crippen molar-refractivity contribution in [2.75, 3.05) is 13.1 Å². The maximum atomic E-state index is 10.7. The first-order valence-electron chi connectivity index (χ1n) is 7.38. The molecule has 0 fully saturated rings. The SMILES string of the molecule is O=C(O)Cc1cccc(CCNCC(O)c2ccccc2)c1. The Hall–Kier alpha value is -2.17. The second-order valence-electron chi connectivity index (χ2n) is 5.27. The maximum absolute atomic E-state index is 10.7. The van der Waals surface area contributed by atoms with E-state index in [1.165, 1.54) is 0 Å². The lowest BCUT2D eigenvalue weighted by Crippen LogP contribution is -2.23. The summed E-state index contributed by atoms with van der Waals surface area (Å²) in [6.45, 7) is 1.24. The van der Waals surface area contributed by atoms with E-state index in [0.29, 0.717) is 6.54 Å². The van der Waals surface area contributed by atoms with Crippen LogP contribution in [-0.2, 0) is 17.6 Å². The van der Waals surface area contributed by atoms with Gasteiger partial charge in [-0.15, -0.1) is 0 Å². The van der Waals surface area contributed by atoms with Gasteiger partial charge in [0, 0.05) is 6.54 Å². The minimum atomic E-state index is -0.818. The number of carboxylic acid groups (broad SMARTS) is 1. The van der Waals surface area contributed by atoms with Crippen molar-refractivity contribution in [1.82, 2.24) is 5.32 Å². The summed E-state index contributed by atoms with van der Waals surface area (Å²) in [4.78, 5) is 10.7. The third-order valence-corrected chi connectivity index (χ3v) is 3.46. The molecule has 1 atom stereocenters. The predicted octanol–water partition coefficient (Wildman–Crippen LogP) is 2.18. The predicted molar refractivity (Wildman–Crippen MR) is 85.8 cm³/mol. The molecule has 0 bridgehead atoms. The third kappa shape index (κ3) is 5.31. The molecule has 4 heteroatoms. The third-order valence-electron chi connectivity index (χ3n) is 3.46. The molecule has 0 aromatic heterocycles. The van der Waals surface area contributed by atoms with Gasteiger partial charge < -0.3 is 15.5 Å². The summed E-state index contributed by atoms with van der Waals surface area (Å²) >= 11 is 0. The first-order valence-corrected chi connectivity index (χ1v) is 7.38. The molecule has 0 heterocycles. The monoisotopic (exact) mass is 299 g/mol. The highest BCUT2D eigenvalue weighted by molar-refractivity contribution is 5.70. The van der Waals surface area contributed by atoms with Crippen molar-refractivity contribution >= 4 is 5.97 Å².